The molecular weight excluding hydrogens is 781 g/mol. The molecule has 6 nitrogen and oxygen atoms in total. The van der Waals surface area contributed by atoms with E-state index in [-0.39, 0.29) is 31.1 Å². The maximum Gasteiger partial charge on any atom is 0.306 e. The highest BCUT2D eigenvalue weighted by molar-refractivity contribution is 5.71. The van der Waals surface area contributed by atoms with Gasteiger partial charge in [-0.05, 0) is 83.5 Å². The number of unbranched alkanes of at least 4 members (excludes halogenated alkanes) is 25. The van der Waals surface area contributed by atoms with Gasteiger partial charge in [-0.1, -0.05) is 221 Å². The summed E-state index contributed by atoms with van der Waals surface area (Å²) in [5.41, 5.74) is 0. The zero-order valence-electron chi connectivity index (χ0n) is 41.1. The van der Waals surface area contributed by atoms with Crippen LogP contribution in [-0.4, -0.2) is 37.2 Å². The predicted molar refractivity (Wildman–Crippen MR) is 270 cm³/mol. The molecule has 0 saturated heterocycles. The summed E-state index contributed by atoms with van der Waals surface area (Å²) < 4.78 is 16.8. The monoisotopic (exact) mass is 877 g/mol. The molecule has 6 heteroatoms. The molecule has 0 aromatic carbocycles. The van der Waals surface area contributed by atoms with Gasteiger partial charge in [0.2, 0.25) is 0 Å². The van der Waals surface area contributed by atoms with Gasteiger partial charge in [0.25, 0.3) is 0 Å². The molecule has 0 N–H and O–H groups in total. The molecule has 0 aromatic rings. The summed E-state index contributed by atoms with van der Waals surface area (Å²) in [5, 5.41) is 0. The first kappa shape index (κ1) is 59.6. The van der Waals surface area contributed by atoms with Crippen molar-refractivity contribution >= 4 is 17.9 Å². The SMILES string of the molecule is CC\C=C/C=C\C=C/CCCCCCCCCC(=O)OCC(COC(=O)CCCCCCCCC/C=C\CCCCCC)OC(=O)CCCCCCCCC\C=C/C=C\C=C/CC. The molecule has 360 valence electrons. The summed E-state index contributed by atoms with van der Waals surface area (Å²) in [6, 6.07) is 0. The van der Waals surface area contributed by atoms with E-state index in [1.54, 1.807) is 0 Å². The number of allylic oxidation sites excluding steroid dienone is 14. The van der Waals surface area contributed by atoms with Gasteiger partial charge >= 0.3 is 17.9 Å². The van der Waals surface area contributed by atoms with E-state index in [1.165, 1.54) is 116 Å². The molecule has 0 radical (unpaired) electrons. The van der Waals surface area contributed by atoms with Gasteiger partial charge in [0.05, 0.1) is 0 Å². The standard InChI is InChI=1S/C57H96O6/c1-4-7-10-13-16-19-22-25-28-31-34-37-40-43-46-49-55(58)61-52-54(63-57(60)51-48-45-42-39-36-33-30-27-24-21-18-15-12-9-6-3)53-62-56(59)50-47-44-41-38-35-32-29-26-23-20-17-14-11-8-5-2/h7,9-10,12-13,15-16,18-24,54H,4-6,8,11,14,17,25-53H2,1-3H3/b10-7-,12-9-,16-13-,18-15-,22-19-,23-20-,24-21-. The Balaban J connectivity index is 4.43. The molecule has 0 saturated carbocycles. The second-order valence-corrected chi connectivity index (χ2v) is 17.1. The first-order valence-electron chi connectivity index (χ1n) is 26.2. The molecule has 0 rings (SSSR count). The normalized spacial score (nSPS) is 12.7. The van der Waals surface area contributed by atoms with Gasteiger partial charge in [-0.3, -0.25) is 14.4 Å². The van der Waals surface area contributed by atoms with Gasteiger partial charge < -0.3 is 14.2 Å². The molecule has 0 heterocycles. The molecule has 63 heavy (non-hydrogen) atoms. The highest BCUT2D eigenvalue weighted by atomic mass is 16.6. The average molecular weight is 877 g/mol. The van der Waals surface area contributed by atoms with E-state index in [2.05, 4.69) is 106 Å². The van der Waals surface area contributed by atoms with Gasteiger partial charge in [0.1, 0.15) is 13.2 Å². The van der Waals surface area contributed by atoms with E-state index in [0.29, 0.717) is 19.3 Å². The highest BCUT2D eigenvalue weighted by Crippen LogP contribution is 2.15. The van der Waals surface area contributed by atoms with Crippen molar-refractivity contribution in [1.82, 2.24) is 0 Å². The van der Waals surface area contributed by atoms with Crippen molar-refractivity contribution in [1.29, 1.82) is 0 Å². The summed E-state index contributed by atoms with van der Waals surface area (Å²) in [7, 11) is 0. The lowest BCUT2D eigenvalue weighted by Crippen LogP contribution is -2.30. The molecule has 1 atom stereocenters. The summed E-state index contributed by atoms with van der Waals surface area (Å²) in [6.07, 6.45) is 65.6. The second kappa shape index (κ2) is 51.2. The van der Waals surface area contributed by atoms with E-state index in [9.17, 15) is 14.4 Å². The summed E-state index contributed by atoms with van der Waals surface area (Å²) in [6.45, 7) is 6.34. The van der Waals surface area contributed by atoms with Crippen molar-refractivity contribution < 1.29 is 28.6 Å². The van der Waals surface area contributed by atoms with E-state index in [1.807, 2.05) is 0 Å². The van der Waals surface area contributed by atoms with E-state index >= 15 is 0 Å². The third-order valence-electron chi connectivity index (χ3n) is 11.0. The van der Waals surface area contributed by atoms with Crippen molar-refractivity contribution in [3.63, 3.8) is 0 Å². The summed E-state index contributed by atoms with van der Waals surface area (Å²) in [4.78, 5) is 38.0. The van der Waals surface area contributed by atoms with Gasteiger partial charge in [-0.15, -0.1) is 0 Å². The molecule has 0 aliphatic carbocycles. The molecule has 1 unspecified atom stereocenters. The lowest BCUT2D eigenvalue weighted by molar-refractivity contribution is -0.167. The number of esters is 3. The number of ether oxygens (including phenoxy) is 3. The van der Waals surface area contributed by atoms with Crippen molar-refractivity contribution in [2.45, 2.75) is 245 Å². The average Bonchev–Trinajstić information content (AvgIpc) is 3.28. The minimum Gasteiger partial charge on any atom is -0.462 e. The number of carbonyl (C=O) groups is 3. The number of hydrogen-bond acceptors (Lipinski definition) is 6. The van der Waals surface area contributed by atoms with Crippen molar-refractivity contribution in [3.8, 4) is 0 Å². The number of carbonyl (C=O) groups excluding carboxylic acids is 3. The topological polar surface area (TPSA) is 78.9 Å². The van der Waals surface area contributed by atoms with Crippen LogP contribution < -0.4 is 0 Å². The van der Waals surface area contributed by atoms with E-state index < -0.39 is 6.10 Å². The maximum absolute atomic E-state index is 12.8. The third kappa shape index (κ3) is 49.5. The van der Waals surface area contributed by atoms with Gasteiger partial charge in [0.15, 0.2) is 6.10 Å². The zero-order valence-corrected chi connectivity index (χ0v) is 41.1. The first-order valence-corrected chi connectivity index (χ1v) is 26.2. The van der Waals surface area contributed by atoms with Crippen LogP contribution in [0.15, 0.2) is 85.1 Å². The fourth-order valence-corrected chi connectivity index (χ4v) is 7.08. The Morgan fingerprint density at radius 3 is 1.00 bits per heavy atom. The summed E-state index contributed by atoms with van der Waals surface area (Å²) in [5.74, 6) is -0.916. The number of rotatable bonds is 46. The van der Waals surface area contributed by atoms with Crippen LogP contribution in [0.25, 0.3) is 0 Å². The van der Waals surface area contributed by atoms with Crippen LogP contribution in [0.4, 0.5) is 0 Å². The number of hydrogen-bond donors (Lipinski definition) is 0. The van der Waals surface area contributed by atoms with E-state index in [0.717, 1.165) is 83.5 Å². The Hall–Kier alpha value is -3.41. The van der Waals surface area contributed by atoms with Crippen LogP contribution in [0.3, 0.4) is 0 Å². The minimum atomic E-state index is -0.789. The Bertz CT molecular complexity index is 1240. The lowest BCUT2D eigenvalue weighted by atomic mass is 10.1. The summed E-state index contributed by atoms with van der Waals surface area (Å²) >= 11 is 0. The Morgan fingerprint density at radius 2 is 0.635 bits per heavy atom. The first-order chi connectivity index (χ1) is 31.0. The highest BCUT2D eigenvalue weighted by Gasteiger charge is 2.19. The van der Waals surface area contributed by atoms with Gasteiger partial charge in [-0.2, -0.15) is 0 Å². The second-order valence-electron chi connectivity index (χ2n) is 17.1. The molecule has 0 bridgehead atoms. The zero-order chi connectivity index (χ0) is 45.8. The molecule has 0 amide bonds. The largest absolute Gasteiger partial charge is 0.462 e. The lowest BCUT2D eigenvalue weighted by Gasteiger charge is -2.18. The van der Waals surface area contributed by atoms with Crippen LogP contribution in [0.2, 0.25) is 0 Å². The minimum absolute atomic E-state index is 0.0881. The molecule has 0 spiro atoms. The van der Waals surface area contributed by atoms with Crippen LogP contribution >= 0.6 is 0 Å². The molecular formula is C57H96O6. The van der Waals surface area contributed by atoms with Crippen LogP contribution in [-0.2, 0) is 28.6 Å². The fraction of sp³-hybridized carbons (Fsp3) is 0.702. The van der Waals surface area contributed by atoms with E-state index in [4.69, 9.17) is 14.2 Å². The maximum atomic E-state index is 12.8. The predicted octanol–water partition coefficient (Wildman–Crippen LogP) is 17.2. The van der Waals surface area contributed by atoms with Crippen molar-refractivity contribution in [2.24, 2.45) is 0 Å². The quantitative estimate of drug-likeness (QED) is 0.0199. The molecule has 0 aromatic heterocycles. The van der Waals surface area contributed by atoms with Crippen molar-refractivity contribution in [2.75, 3.05) is 13.2 Å². The molecule has 0 fully saturated rings. The Morgan fingerprint density at radius 1 is 0.333 bits per heavy atom. The van der Waals surface area contributed by atoms with Gasteiger partial charge in [0, 0.05) is 19.3 Å². The smallest absolute Gasteiger partial charge is 0.306 e. The van der Waals surface area contributed by atoms with Crippen LogP contribution in [0.5, 0.6) is 0 Å². The van der Waals surface area contributed by atoms with Crippen LogP contribution in [0.1, 0.15) is 239 Å². The van der Waals surface area contributed by atoms with Crippen molar-refractivity contribution in [3.05, 3.63) is 85.1 Å². The Kier molecular flexibility index (Phi) is 48.5. The third-order valence-corrected chi connectivity index (χ3v) is 11.0. The molecule has 0 aliphatic heterocycles. The van der Waals surface area contributed by atoms with Crippen LogP contribution in [0, 0.1) is 0 Å². The van der Waals surface area contributed by atoms with Gasteiger partial charge in [-0.25, -0.2) is 0 Å². The molecule has 0 aliphatic rings. The Labute approximate surface area is 388 Å². The fourth-order valence-electron chi connectivity index (χ4n) is 7.08.